The number of aryl methyl sites for hydroxylation is 3. The SMILES string of the molecule is Cc1ccc(C(c2ccc(C)cc2)S(N)(O)CCOc2ccc(CCC(=O)C(F)(F)F)cc2)cc1. The van der Waals surface area contributed by atoms with Crippen molar-refractivity contribution in [3.63, 3.8) is 0 Å². The third kappa shape index (κ3) is 7.59. The highest BCUT2D eigenvalue weighted by molar-refractivity contribution is 8.27. The fourth-order valence-corrected chi connectivity index (χ4v) is 5.55. The molecule has 0 amide bonds. The van der Waals surface area contributed by atoms with Gasteiger partial charge in [-0.3, -0.25) is 9.93 Å². The van der Waals surface area contributed by atoms with Gasteiger partial charge in [-0.1, -0.05) is 82.3 Å². The van der Waals surface area contributed by atoms with Crippen LogP contribution in [0.5, 0.6) is 5.75 Å². The van der Waals surface area contributed by atoms with Crippen molar-refractivity contribution in [2.45, 2.75) is 38.1 Å². The Morgan fingerprint density at radius 1 is 0.914 bits per heavy atom. The average Bonchev–Trinajstić information content (AvgIpc) is 2.80. The van der Waals surface area contributed by atoms with Gasteiger partial charge in [-0.25, -0.2) is 0 Å². The van der Waals surface area contributed by atoms with E-state index in [4.69, 9.17) is 9.88 Å². The Balaban J connectivity index is 1.65. The number of carbonyl (C=O) groups is 1. The quantitative estimate of drug-likeness (QED) is 0.322. The maximum Gasteiger partial charge on any atom is 0.449 e. The summed E-state index contributed by atoms with van der Waals surface area (Å²) in [7, 11) is -2.63. The molecule has 0 heterocycles. The minimum Gasteiger partial charge on any atom is -0.493 e. The Bertz CT molecular complexity index is 1070. The van der Waals surface area contributed by atoms with E-state index in [9.17, 15) is 22.5 Å². The van der Waals surface area contributed by atoms with Gasteiger partial charge in [-0.2, -0.15) is 13.2 Å². The predicted molar refractivity (Wildman–Crippen MR) is 135 cm³/mol. The second-order valence-corrected chi connectivity index (χ2v) is 11.1. The Morgan fingerprint density at radius 3 is 1.86 bits per heavy atom. The van der Waals surface area contributed by atoms with Crippen molar-refractivity contribution in [1.29, 1.82) is 0 Å². The van der Waals surface area contributed by atoms with Crippen LogP contribution < -0.4 is 9.88 Å². The molecule has 0 aliphatic heterocycles. The lowest BCUT2D eigenvalue weighted by Crippen LogP contribution is -2.26. The molecule has 0 radical (unpaired) electrons. The molecular weight excluding hydrogens is 475 g/mol. The molecule has 0 aliphatic rings. The van der Waals surface area contributed by atoms with Gasteiger partial charge in [0, 0.05) is 12.2 Å². The van der Waals surface area contributed by atoms with Crippen molar-refractivity contribution in [2.75, 3.05) is 12.4 Å². The molecule has 0 saturated heterocycles. The number of Topliss-reactive ketones (excluding diaryl/α,β-unsaturated/α-hetero) is 1. The molecule has 0 aliphatic carbocycles. The van der Waals surface area contributed by atoms with Gasteiger partial charge >= 0.3 is 6.18 Å². The van der Waals surface area contributed by atoms with E-state index in [1.54, 1.807) is 24.3 Å². The van der Waals surface area contributed by atoms with Crippen molar-refractivity contribution in [2.24, 2.45) is 5.14 Å². The Morgan fingerprint density at radius 2 is 1.40 bits per heavy atom. The molecule has 4 nitrogen and oxygen atoms in total. The zero-order valence-corrected chi connectivity index (χ0v) is 20.5. The number of ketones is 1. The van der Waals surface area contributed by atoms with Gasteiger partial charge < -0.3 is 9.29 Å². The van der Waals surface area contributed by atoms with Crippen molar-refractivity contribution >= 4 is 16.3 Å². The topological polar surface area (TPSA) is 72.6 Å². The predicted octanol–water partition coefficient (Wildman–Crippen LogP) is 6.69. The first kappa shape index (κ1) is 26.8. The molecule has 3 aromatic carbocycles. The fraction of sp³-hybridized carbons (Fsp3) is 0.296. The second-order valence-electron chi connectivity index (χ2n) is 8.63. The maximum absolute atomic E-state index is 12.4. The molecule has 0 fully saturated rings. The molecule has 3 aromatic rings. The summed E-state index contributed by atoms with van der Waals surface area (Å²) in [5, 5.41) is 6.14. The highest BCUT2D eigenvalue weighted by Crippen LogP contribution is 2.54. The van der Waals surface area contributed by atoms with E-state index in [1.165, 1.54) is 0 Å². The molecule has 0 saturated carbocycles. The second kappa shape index (κ2) is 11.3. The third-order valence-electron chi connectivity index (χ3n) is 5.73. The molecule has 1 atom stereocenters. The molecule has 3 N–H and O–H groups in total. The van der Waals surface area contributed by atoms with Crippen LogP contribution in [0.4, 0.5) is 13.2 Å². The Kier molecular flexibility index (Phi) is 8.64. The van der Waals surface area contributed by atoms with Crippen molar-refractivity contribution in [3.8, 4) is 5.75 Å². The highest BCUT2D eigenvalue weighted by Gasteiger charge is 2.37. The van der Waals surface area contributed by atoms with Crippen LogP contribution in [-0.4, -0.2) is 28.9 Å². The molecule has 0 spiro atoms. The molecule has 188 valence electrons. The molecule has 0 aromatic heterocycles. The normalized spacial score (nSPS) is 14.4. The summed E-state index contributed by atoms with van der Waals surface area (Å²) in [6.07, 6.45) is -5.40. The summed E-state index contributed by atoms with van der Waals surface area (Å²) in [6, 6.07) is 22.4. The van der Waals surface area contributed by atoms with Crippen LogP contribution in [0, 0.1) is 13.8 Å². The summed E-state index contributed by atoms with van der Waals surface area (Å²) in [6.45, 7) is 4.17. The van der Waals surface area contributed by atoms with Crippen LogP contribution in [0.1, 0.15) is 39.5 Å². The van der Waals surface area contributed by atoms with Crippen molar-refractivity contribution in [1.82, 2.24) is 0 Å². The smallest absolute Gasteiger partial charge is 0.449 e. The number of ether oxygens (including phenoxy) is 1. The molecule has 35 heavy (non-hydrogen) atoms. The number of carbonyl (C=O) groups excluding carboxylic acids is 1. The number of rotatable bonds is 10. The van der Waals surface area contributed by atoms with Crippen LogP contribution in [0.3, 0.4) is 0 Å². The van der Waals surface area contributed by atoms with E-state index in [-0.39, 0.29) is 24.0 Å². The van der Waals surface area contributed by atoms with E-state index in [1.807, 2.05) is 62.4 Å². The van der Waals surface area contributed by atoms with Gasteiger partial charge in [0.25, 0.3) is 0 Å². The lowest BCUT2D eigenvalue weighted by atomic mass is 10.0. The number of hydrogen-bond donors (Lipinski definition) is 2. The average molecular weight is 506 g/mol. The standard InChI is InChI=1S/C27H30F3NO3S/c1-19-3-10-22(11-4-19)26(23-12-5-20(2)6-13-23)35(31,33)18-17-34-24-14-7-21(8-15-24)9-16-25(32)27(28,29)30/h3-8,10-15,26,33H,9,16-18,31H2,1-2H3. The van der Waals surface area contributed by atoms with Crippen LogP contribution in [-0.2, 0) is 11.2 Å². The highest BCUT2D eigenvalue weighted by atomic mass is 32.3. The first-order valence-corrected chi connectivity index (χ1v) is 13.1. The van der Waals surface area contributed by atoms with Crippen molar-refractivity contribution in [3.05, 3.63) is 101 Å². The minimum atomic E-state index is -4.81. The lowest BCUT2D eigenvalue weighted by Gasteiger charge is -2.38. The molecular formula is C27H30F3NO3S. The van der Waals surface area contributed by atoms with Crippen LogP contribution in [0.2, 0.25) is 0 Å². The van der Waals surface area contributed by atoms with Gasteiger partial charge in [0.15, 0.2) is 0 Å². The number of hydrogen-bond acceptors (Lipinski definition) is 4. The van der Waals surface area contributed by atoms with E-state index in [0.29, 0.717) is 11.3 Å². The first-order chi connectivity index (χ1) is 16.5. The van der Waals surface area contributed by atoms with Crippen LogP contribution in [0.15, 0.2) is 72.8 Å². The van der Waals surface area contributed by atoms with Gasteiger partial charge in [0.05, 0.1) is 11.9 Å². The van der Waals surface area contributed by atoms with E-state index >= 15 is 0 Å². The van der Waals surface area contributed by atoms with E-state index in [0.717, 1.165) is 22.3 Å². The summed E-state index contributed by atoms with van der Waals surface area (Å²) >= 11 is 0. The summed E-state index contributed by atoms with van der Waals surface area (Å²) in [4.78, 5) is 11.1. The molecule has 0 bridgehead atoms. The summed E-state index contributed by atoms with van der Waals surface area (Å²) < 4.78 is 54.2. The largest absolute Gasteiger partial charge is 0.493 e. The Labute approximate surface area is 205 Å². The zero-order chi connectivity index (χ0) is 25.6. The minimum absolute atomic E-state index is 0.000102. The Hall–Kier alpha value is -2.81. The van der Waals surface area contributed by atoms with Crippen LogP contribution in [0.25, 0.3) is 0 Å². The fourth-order valence-electron chi connectivity index (χ4n) is 3.71. The summed E-state index contributed by atoms with van der Waals surface area (Å²) in [5.74, 6) is -1.01. The van der Waals surface area contributed by atoms with Gasteiger partial charge in [-0.15, -0.1) is 0 Å². The third-order valence-corrected chi connectivity index (χ3v) is 7.91. The zero-order valence-electron chi connectivity index (χ0n) is 19.7. The lowest BCUT2D eigenvalue weighted by molar-refractivity contribution is -0.171. The van der Waals surface area contributed by atoms with Crippen molar-refractivity contribution < 1.29 is 27.3 Å². The monoisotopic (exact) mass is 505 g/mol. The van der Waals surface area contributed by atoms with E-state index < -0.39 is 28.9 Å². The molecule has 8 heteroatoms. The number of alkyl halides is 3. The maximum atomic E-state index is 12.4. The molecule has 1 unspecified atom stereocenters. The van der Waals surface area contributed by atoms with Gasteiger partial charge in [-0.05, 0) is 49.1 Å². The first-order valence-electron chi connectivity index (χ1n) is 11.2. The molecule has 3 rings (SSSR count). The summed E-state index contributed by atoms with van der Waals surface area (Å²) in [5.41, 5.74) is 4.69. The van der Waals surface area contributed by atoms with Crippen LogP contribution >= 0.6 is 10.5 Å². The van der Waals surface area contributed by atoms with Gasteiger partial charge in [0.2, 0.25) is 5.78 Å². The number of halogens is 3. The van der Waals surface area contributed by atoms with Gasteiger partial charge in [0.1, 0.15) is 5.75 Å². The number of nitrogens with two attached hydrogens (primary N) is 1. The van der Waals surface area contributed by atoms with E-state index in [2.05, 4.69) is 0 Å². The number of benzene rings is 3.